The van der Waals surface area contributed by atoms with Crippen LogP contribution in [0.5, 0.6) is 0 Å². The van der Waals surface area contributed by atoms with Gasteiger partial charge in [0.15, 0.2) is 0 Å². The van der Waals surface area contributed by atoms with Gasteiger partial charge in [-0.25, -0.2) is 9.97 Å². The first-order chi connectivity index (χ1) is 7.58. The summed E-state index contributed by atoms with van der Waals surface area (Å²) in [4.78, 5) is 8.88. The Morgan fingerprint density at radius 2 is 2.00 bits per heavy atom. The summed E-state index contributed by atoms with van der Waals surface area (Å²) in [6.07, 6.45) is 2.09. The maximum atomic E-state index is 5.88. The number of nitrogen functional groups attached to an aromatic ring is 1. The molecular formula is C12H21N3S. The van der Waals surface area contributed by atoms with Gasteiger partial charge >= 0.3 is 0 Å². The second-order valence-corrected chi connectivity index (χ2v) is 5.41. The average Bonchev–Trinajstić information content (AvgIpc) is 2.29. The number of hydrogen-bond acceptors (Lipinski definition) is 4. The number of nitrogens with two attached hydrogens (primary N) is 1. The molecule has 0 saturated carbocycles. The van der Waals surface area contributed by atoms with Crippen molar-refractivity contribution in [3.05, 3.63) is 17.1 Å². The summed E-state index contributed by atoms with van der Waals surface area (Å²) in [5.74, 6) is 2.35. The van der Waals surface area contributed by atoms with E-state index < -0.39 is 0 Å². The Hall–Kier alpha value is -0.770. The molecule has 0 radical (unpaired) electrons. The molecule has 0 amide bonds. The van der Waals surface area contributed by atoms with Crippen molar-refractivity contribution in [3.63, 3.8) is 0 Å². The lowest BCUT2D eigenvalue weighted by atomic mass is 10.2. The minimum absolute atomic E-state index is 0.631. The van der Waals surface area contributed by atoms with Crippen molar-refractivity contribution in [2.24, 2.45) is 0 Å². The van der Waals surface area contributed by atoms with E-state index >= 15 is 0 Å². The van der Waals surface area contributed by atoms with Gasteiger partial charge in [0.1, 0.15) is 11.6 Å². The Morgan fingerprint density at radius 1 is 1.31 bits per heavy atom. The lowest BCUT2D eigenvalue weighted by molar-refractivity contribution is 0.892. The molecular weight excluding hydrogens is 218 g/mol. The molecule has 1 unspecified atom stereocenters. The van der Waals surface area contributed by atoms with Gasteiger partial charge < -0.3 is 5.73 Å². The van der Waals surface area contributed by atoms with Crippen LogP contribution in [0.3, 0.4) is 0 Å². The largest absolute Gasteiger partial charge is 0.383 e. The Kier molecular flexibility index (Phi) is 5.06. The summed E-state index contributed by atoms with van der Waals surface area (Å²) < 4.78 is 0. The highest BCUT2D eigenvalue weighted by molar-refractivity contribution is 7.99. The molecule has 1 atom stereocenters. The Labute approximate surface area is 102 Å². The fraction of sp³-hybridized carbons (Fsp3) is 0.667. The zero-order chi connectivity index (χ0) is 12.1. The first-order valence-corrected chi connectivity index (χ1v) is 6.86. The molecule has 0 aliphatic heterocycles. The van der Waals surface area contributed by atoms with Crippen molar-refractivity contribution in [3.8, 4) is 0 Å². The topological polar surface area (TPSA) is 51.8 Å². The van der Waals surface area contributed by atoms with Crippen molar-refractivity contribution in [1.82, 2.24) is 9.97 Å². The fourth-order valence-electron chi connectivity index (χ4n) is 1.38. The number of rotatable bonds is 5. The smallest absolute Gasteiger partial charge is 0.140 e. The molecule has 4 heteroatoms. The van der Waals surface area contributed by atoms with E-state index in [1.54, 1.807) is 0 Å². The third-order valence-corrected chi connectivity index (χ3v) is 4.06. The number of nitrogens with zero attached hydrogens (tertiary/aromatic N) is 2. The zero-order valence-corrected chi connectivity index (χ0v) is 11.4. The fourth-order valence-corrected chi connectivity index (χ4v) is 2.18. The Morgan fingerprint density at radius 3 is 2.56 bits per heavy atom. The molecule has 0 aliphatic rings. The minimum atomic E-state index is 0.631. The van der Waals surface area contributed by atoms with Crippen LogP contribution in [0.1, 0.15) is 44.3 Å². The van der Waals surface area contributed by atoms with Crippen LogP contribution < -0.4 is 5.73 Å². The second kappa shape index (κ2) is 6.09. The molecule has 0 saturated heterocycles. The molecule has 0 spiro atoms. The molecule has 1 heterocycles. The normalized spacial score (nSPS) is 12.8. The van der Waals surface area contributed by atoms with E-state index in [1.807, 2.05) is 18.7 Å². The van der Waals surface area contributed by atoms with E-state index in [4.69, 9.17) is 5.73 Å². The maximum Gasteiger partial charge on any atom is 0.140 e. The molecule has 1 aromatic heterocycles. The monoisotopic (exact) mass is 239 g/mol. The number of hydrogen-bond donors (Lipinski definition) is 1. The lowest BCUT2D eigenvalue weighted by Crippen LogP contribution is -2.07. The second-order valence-electron chi connectivity index (χ2n) is 3.98. The number of aromatic nitrogens is 2. The van der Waals surface area contributed by atoms with Gasteiger partial charge in [0.05, 0.1) is 5.75 Å². The van der Waals surface area contributed by atoms with E-state index in [2.05, 4.69) is 30.7 Å². The van der Waals surface area contributed by atoms with Gasteiger partial charge in [0, 0.05) is 16.5 Å². The summed E-state index contributed by atoms with van der Waals surface area (Å²) in [6, 6.07) is 0. The number of anilines is 1. The summed E-state index contributed by atoms with van der Waals surface area (Å²) >= 11 is 1.88. The van der Waals surface area contributed by atoms with E-state index in [1.165, 1.54) is 6.42 Å². The van der Waals surface area contributed by atoms with Gasteiger partial charge in [0.25, 0.3) is 0 Å². The summed E-state index contributed by atoms with van der Waals surface area (Å²) in [6.45, 7) is 8.50. The molecule has 0 bridgehead atoms. The predicted octanol–water partition coefficient (Wildman–Crippen LogP) is 2.96. The molecule has 0 aromatic carbocycles. The SMILES string of the molecule is CCc1nc(CSC(C)CC)nc(N)c1C. The van der Waals surface area contributed by atoms with Gasteiger partial charge in [-0.2, -0.15) is 11.8 Å². The Bertz CT molecular complexity index is 352. The van der Waals surface area contributed by atoms with Crippen molar-refractivity contribution in [2.75, 3.05) is 5.73 Å². The van der Waals surface area contributed by atoms with Crippen LogP contribution in [0.2, 0.25) is 0 Å². The standard InChI is InChI=1S/C12H21N3S/c1-5-8(3)16-7-11-14-10(6-2)9(4)12(13)15-11/h8H,5-7H2,1-4H3,(H2,13,14,15). The van der Waals surface area contributed by atoms with Crippen molar-refractivity contribution >= 4 is 17.6 Å². The van der Waals surface area contributed by atoms with Crippen LogP contribution >= 0.6 is 11.8 Å². The van der Waals surface area contributed by atoms with Gasteiger partial charge in [0.2, 0.25) is 0 Å². The molecule has 0 fully saturated rings. The van der Waals surface area contributed by atoms with Crippen LogP contribution in [-0.4, -0.2) is 15.2 Å². The van der Waals surface area contributed by atoms with Crippen molar-refractivity contribution in [1.29, 1.82) is 0 Å². The van der Waals surface area contributed by atoms with Crippen LogP contribution in [0, 0.1) is 6.92 Å². The zero-order valence-electron chi connectivity index (χ0n) is 10.6. The Balaban J connectivity index is 2.78. The number of aryl methyl sites for hydroxylation is 1. The molecule has 90 valence electrons. The van der Waals surface area contributed by atoms with Gasteiger partial charge in [-0.05, 0) is 19.8 Å². The predicted molar refractivity (Wildman–Crippen MR) is 71.6 cm³/mol. The van der Waals surface area contributed by atoms with Crippen molar-refractivity contribution in [2.45, 2.75) is 51.5 Å². The highest BCUT2D eigenvalue weighted by Gasteiger charge is 2.08. The van der Waals surface area contributed by atoms with Crippen LogP contribution in [0.25, 0.3) is 0 Å². The van der Waals surface area contributed by atoms with E-state index in [0.717, 1.165) is 29.3 Å². The summed E-state index contributed by atoms with van der Waals surface area (Å²) in [5, 5.41) is 0.649. The highest BCUT2D eigenvalue weighted by atomic mass is 32.2. The summed E-state index contributed by atoms with van der Waals surface area (Å²) in [5.41, 5.74) is 7.98. The van der Waals surface area contributed by atoms with Crippen LogP contribution in [0.4, 0.5) is 5.82 Å². The first kappa shape index (κ1) is 13.3. The third kappa shape index (κ3) is 3.37. The minimum Gasteiger partial charge on any atom is -0.383 e. The van der Waals surface area contributed by atoms with Gasteiger partial charge in [-0.3, -0.25) is 0 Å². The molecule has 2 N–H and O–H groups in total. The summed E-state index contributed by atoms with van der Waals surface area (Å²) in [7, 11) is 0. The van der Waals surface area contributed by atoms with E-state index in [9.17, 15) is 0 Å². The molecule has 0 aliphatic carbocycles. The molecule has 3 nitrogen and oxygen atoms in total. The molecule has 1 rings (SSSR count). The molecule has 1 aromatic rings. The van der Waals surface area contributed by atoms with Crippen LogP contribution in [0.15, 0.2) is 0 Å². The van der Waals surface area contributed by atoms with Gasteiger partial charge in [-0.1, -0.05) is 20.8 Å². The van der Waals surface area contributed by atoms with Crippen LogP contribution in [-0.2, 0) is 12.2 Å². The average molecular weight is 239 g/mol. The highest BCUT2D eigenvalue weighted by Crippen LogP contribution is 2.20. The quantitative estimate of drug-likeness (QED) is 0.858. The van der Waals surface area contributed by atoms with E-state index in [0.29, 0.717) is 11.1 Å². The maximum absolute atomic E-state index is 5.88. The first-order valence-electron chi connectivity index (χ1n) is 5.81. The van der Waals surface area contributed by atoms with E-state index in [-0.39, 0.29) is 0 Å². The number of thioether (sulfide) groups is 1. The van der Waals surface area contributed by atoms with Crippen molar-refractivity contribution < 1.29 is 0 Å². The third-order valence-electron chi connectivity index (χ3n) is 2.74. The molecule has 16 heavy (non-hydrogen) atoms. The lowest BCUT2D eigenvalue weighted by Gasteiger charge is -2.10. The van der Waals surface area contributed by atoms with Gasteiger partial charge in [-0.15, -0.1) is 0 Å².